The first kappa shape index (κ1) is 17.9. The van der Waals surface area contributed by atoms with Crippen molar-refractivity contribution >= 4 is 28.2 Å². The summed E-state index contributed by atoms with van der Waals surface area (Å²) in [7, 11) is 0. The minimum absolute atomic E-state index is 0.105. The first-order valence-corrected chi connectivity index (χ1v) is 9.80. The smallest absolute Gasteiger partial charge is 0.349 e. The number of benzene rings is 1. The van der Waals surface area contributed by atoms with E-state index in [4.69, 9.17) is 4.42 Å². The van der Waals surface area contributed by atoms with Gasteiger partial charge in [0, 0.05) is 36.4 Å². The third kappa shape index (κ3) is 3.65. The Bertz CT molecular complexity index is 1030. The highest BCUT2D eigenvalue weighted by atomic mass is 32.1. The highest BCUT2D eigenvalue weighted by Crippen LogP contribution is 2.19. The number of para-hydroxylation sites is 1. The lowest BCUT2D eigenvalue weighted by Crippen LogP contribution is -2.49. The van der Waals surface area contributed by atoms with Crippen LogP contribution in [0.25, 0.3) is 11.0 Å². The number of aryl methyl sites for hydroxylation is 2. The molecule has 1 saturated heterocycles. The molecule has 1 amide bonds. The topological polar surface area (TPSA) is 66.7 Å². The summed E-state index contributed by atoms with van der Waals surface area (Å²) in [5, 5.41) is 1.87. The van der Waals surface area contributed by atoms with Crippen molar-refractivity contribution in [3.63, 3.8) is 0 Å². The van der Waals surface area contributed by atoms with E-state index in [0.717, 1.165) is 35.7 Å². The lowest BCUT2D eigenvalue weighted by atomic mass is 10.1. The van der Waals surface area contributed by atoms with E-state index in [-0.39, 0.29) is 11.5 Å². The highest BCUT2D eigenvalue weighted by molar-refractivity contribution is 7.11. The largest absolute Gasteiger partial charge is 0.422 e. The average molecular weight is 383 g/mol. The van der Waals surface area contributed by atoms with Gasteiger partial charge in [-0.25, -0.2) is 9.78 Å². The van der Waals surface area contributed by atoms with Crippen LogP contribution in [0.3, 0.4) is 0 Å². The van der Waals surface area contributed by atoms with Crippen molar-refractivity contribution in [2.45, 2.75) is 20.4 Å². The van der Waals surface area contributed by atoms with Gasteiger partial charge in [0.1, 0.15) is 16.2 Å². The Morgan fingerprint density at radius 1 is 1.19 bits per heavy atom. The third-order valence-electron chi connectivity index (χ3n) is 4.96. The van der Waals surface area contributed by atoms with Crippen LogP contribution in [0.5, 0.6) is 0 Å². The predicted molar refractivity (Wildman–Crippen MR) is 105 cm³/mol. The molecule has 2 aromatic heterocycles. The van der Waals surface area contributed by atoms with E-state index >= 15 is 0 Å². The van der Waals surface area contributed by atoms with Crippen LogP contribution in [-0.4, -0.2) is 46.9 Å². The molecule has 0 N–H and O–H groups in total. The van der Waals surface area contributed by atoms with Crippen molar-refractivity contribution in [2.24, 2.45) is 0 Å². The zero-order valence-electron chi connectivity index (χ0n) is 15.4. The van der Waals surface area contributed by atoms with Gasteiger partial charge in [-0.05, 0) is 26.0 Å². The number of hydrogen-bond acceptors (Lipinski definition) is 6. The molecule has 0 spiro atoms. The maximum absolute atomic E-state index is 12.8. The molecule has 7 heteroatoms. The Morgan fingerprint density at radius 2 is 1.93 bits per heavy atom. The quantitative estimate of drug-likeness (QED) is 0.651. The number of aromatic nitrogens is 1. The van der Waals surface area contributed by atoms with Crippen LogP contribution in [0.15, 0.2) is 39.5 Å². The molecule has 0 bridgehead atoms. The molecule has 0 atom stereocenters. The molecule has 3 heterocycles. The molecule has 1 fully saturated rings. The number of piperazine rings is 1. The number of fused-ring (bicyclic) bond motifs is 1. The molecular formula is C20H21N3O3S. The Hall–Kier alpha value is -2.51. The fourth-order valence-electron chi connectivity index (χ4n) is 3.29. The summed E-state index contributed by atoms with van der Waals surface area (Å²) < 4.78 is 5.30. The summed E-state index contributed by atoms with van der Waals surface area (Å²) in [4.78, 5) is 34.9. The molecule has 1 aliphatic rings. The molecule has 140 valence electrons. The van der Waals surface area contributed by atoms with E-state index in [2.05, 4.69) is 16.8 Å². The Balaban J connectivity index is 1.44. The number of thiazole rings is 1. The second-order valence-corrected chi connectivity index (χ2v) is 8.09. The SMILES string of the molecule is Cc1nc(CN2CCN(C(=O)c3cc4ccccc4oc3=O)CC2)sc1C. The fourth-order valence-corrected chi connectivity index (χ4v) is 4.27. The predicted octanol–water partition coefficient (Wildman–Crippen LogP) is 2.82. The third-order valence-corrected chi connectivity index (χ3v) is 6.02. The van der Waals surface area contributed by atoms with Gasteiger partial charge >= 0.3 is 5.63 Å². The minimum Gasteiger partial charge on any atom is -0.422 e. The second-order valence-electron chi connectivity index (χ2n) is 6.80. The molecule has 6 nitrogen and oxygen atoms in total. The van der Waals surface area contributed by atoms with E-state index < -0.39 is 5.63 Å². The molecule has 0 radical (unpaired) electrons. The molecule has 4 rings (SSSR count). The van der Waals surface area contributed by atoms with Gasteiger partial charge in [0.15, 0.2) is 0 Å². The number of carbonyl (C=O) groups excluding carboxylic acids is 1. The number of nitrogens with zero attached hydrogens (tertiary/aromatic N) is 3. The summed E-state index contributed by atoms with van der Waals surface area (Å²) in [5.74, 6) is -0.255. The van der Waals surface area contributed by atoms with E-state index in [0.29, 0.717) is 18.7 Å². The maximum atomic E-state index is 12.8. The standard InChI is InChI=1S/C20H21N3O3S/c1-13-14(2)27-18(21-13)12-22-7-9-23(10-8-22)19(24)16-11-15-5-3-4-6-17(15)26-20(16)25/h3-6,11H,7-10,12H2,1-2H3. The Labute approximate surface area is 161 Å². The van der Waals surface area contributed by atoms with Gasteiger partial charge in [-0.2, -0.15) is 0 Å². The number of hydrogen-bond donors (Lipinski definition) is 0. The Kier molecular flexibility index (Phi) is 4.80. The van der Waals surface area contributed by atoms with Crippen LogP contribution in [0.2, 0.25) is 0 Å². The first-order valence-electron chi connectivity index (χ1n) is 8.98. The van der Waals surface area contributed by atoms with Gasteiger partial charge in [-0.1, -0.05) is 18.2 Å². The Morgan fingerprint density at radius 3 is 2.63 bits per heavy atom. The molecule has 0 unspecified atom stereocenters. The lowest BCUT2D eigenvalue weighted by Gasteiger charge is -2.34. The summed E-state index contributed by atoms with van der Waals surface area (Å²) in [6, 6.07) is 8.86. The zero-order valence-corrected chi connectivity index (χ0v) is 16.2. The van der Waals surface area contributed by atoms with Crippen LogP contribution >= 0.6 is 11.3 Å². The van der Waals surface area contributed by atoms with Crippen molar-refractivity contribution < 1.29 is 9.21 Å². The van der Waals surface area contributed by atoms with Gasteiger partial charge in [-0.3, -0.25) is 9.69 Å². The molecule has 0 saturated carbocycles. The van der Waals surface area contributed by atoms with Crippen molar-refractivity contribution in [2.75, 3.05) is 26.2 Å². The normalized spacial score (nSPS) is 15.4. The fraction of sp³-hybridized carbons (Fsp3) is 0.350. The minimum atomic E-state index is -0.574. The number of amides is 1. The van der Waals surface area contributed by atoms with Crippen LogP contribution in [-0.2, 0) is 6.54 Å². The molecular weight excluding hydrogens is 362 g/mol. The molecule has 27 heavy (non-hydrogen) atoms. The summed E-state index contributed by atoms with van der Waals surface area (Å²) in [6.07, 6.45) is 0. The van der Waals surface area contributed by atoms with Crippen LogP contribution in [0.1, 0.15) is 25.9 Å². The monoisotopic (exact) mass is 383 g/mol. The van der Waals surface area contributed by atoms with Crippen molar-refractivity contribution in [1.82, 2.24) is 14.8 Å². The van der Waals surface area contributed by atoms with E-state index in [1.807, 2.05) is 19.1 Å². The van der Waals surface area contributed by atoms with Crippen molar-refractivity contribution in [1.29, 1.82) is 0 Å². The van der Waals surface area contributed by atoms with E-state index in [1.54, 1.807) is 34.4 Å². The van der Waals surface area contributed by atoms with Gasteiger partial charge in [0.05, 0.1) is 12.2 Å². The zero-order chi connectivity index (χ0) is 19.0. The summed E-state index contributed by atoms with van der Waals surface area (Å²) >= 11 is 1.73. The lowest BCUT2D eigenvalue weighted by molar-refractivity contribution is 0.0624. The first-order chi connectivity index (χ1) is 13.0. The molecule has 3 aromatic rings. The van der Waals surface area contributed by atoms with Gasteiger partial charge in [-0.15, -0.1) is 11.3 Å². The van der Waals surface area contributed by atoms with Crippen LogP contribution in [0, 0.1) is 13.8 Å². The van der Waals surface area contributed by atoms with Gasteiger partial charge in [0.25, 0.3) is 5.91 Å². The van der Waals surface area contributed by atoms with Crippen molar-refractivity contribution in [3.8, 4) is 0 Å². The van der Waals surface area contributed by atoms with Crippen molar-refractivity contribution in [3.05, 3.63) is 61.9 Å². The summed E-state index contributed by atoms with van der Waals surface area (Å²) in [6.45, 7) is 7.64. The average Bonchev–Trinajstić information content (AvgIpc) is 2.98. The van der Waals surface area contributed by atoms with Crippen LogP contribution < -0.4 is 5.63 Å². The van der Waals surface area contributed by atoms with Crippen LogP contribution in [0.4, 0.5) is 0 Å². The van der Waals surface area contributed by atoms with Gasteiger partial charge < -0.3 is 9.32 Å². The number of rotatable bonds is 3. The van der Waals surface area contributed by atoms with Gasteiger partial charge in [0.2, 0.25) is 0 Å². The number of carbonyl (C=O) groups is 1. The molecule has 1 aromatic carbocycles. The highest BCUT2D eigenvalue weighted by Gasteiger charge is 2.25. The second kappa shape index (κ2) is 7.25. The molecule has 0 aliphatic carbocycles. The van der Waals surface area contributed by atoms with E-state index in [9.17, 15) is 9.59 Å². The molecule has 1 aliphatic heterocycles. The maximum Gasteiger partial charge on any atom is 0.349 e. The van der Waals surface area contributed by atoms with E-state index in [1.165, 1.54) is 4.88 Å². The summed E-state index contributed by atoms with van der Waals surface area (Å²) in [5.41, 5.74) is 1.12.